The number of ether oxygens (including phenoxy) is 1. The predicted molar refractivity (Wildman–Crippen MR) is 83.1 cm³/mol. The van der Waals surface area contributed by atoms with Gasteiger partial charge in [-0.3, -0.25) is 9.59 Å². The molecule has 22 heavy (non-hydrogen) atoms. The van der Waals surface area contributed by atoms with Crippen molar-refractivity contribution in [2.45, 2.75) is 38.1 Å². The van der Waals surface area contributed by atoms with Gasteiger partial charge >= 0.3 is 5.97 Å². The SMILES string of the molecule is CC1(NC(=O)COc2ccccc2Cl)CCCCC1C(=O)O. The first-order valence-corrected chi connectivity index (χ1v) is 7.71. The van der Waals surface area contributed by atoms with Gasteiger partial charge in [-0.05, 0) is 31.9 Å². The first-order chi connectivity index (χ1) is 10.4. The smallest absolute Gasteiger partial charge is 0.308 e. The molecule has 2 rings (SSSR count). The molecule has 2 unspecified atom stereocenters. The number of hydrogen-bond acceptors (Lipinski definition) is 3. The second kappa shape index (κ2) is 7.01. The number of rotatable bonds is 5. The van der Waals surface area contributed by atoms with Gasteiger partial charge < -0.3 is 15.2 Å². The van der Waals surface area contributed by atoms with Crippen molar-refractivity contribution in [1.82, 2.24) is 5.32 Å². The van der Waals surface area contributed by atoms with Crippen molar-refractivity contribution >= 4 is 23.5 Å². The van der Waals surface area contributed by atoms with Crippen LogP contribution in [0.4, 0.5) is 0 Å². The van der Waals surface area contributed by atoms with Gasteiger partial charge in [-0.1, -0.05) is 36.6 Å². The summed E-state index contributed by atoms with van der Waals surface area (Å²) in [5, 5.41) is 12.6. The van der Waals surface area contributed by atoms with Gasteiger partial charge in [0.25, 0.3) is 5.91 Å². The van der Waals surface area contributed by atoms with E-state index < -0.39 is 17.4 Å². The Morgan fingerprint density at radius 3 is 2.82 bits per heavy atom. The first kappa shape index (κ1) is 16.6. The van der Waals surface area contributed by atoms with Crippen molar-refractivity contribution in [3.63, 3.8) is 0 Å². The van der Waals surface area contributed by atoms with Gasteiger partial charge in [-0.15, -0.1) is 0 Å². The van der Waals surface area contributed by atoms with E-state index in [1.807, 2.05) is 0 Å². The minimum atomic E-state index is -0.866. The highest BCUT2D eigenvalue weighted by Gasteiger charge is 2.42. The molecule has 1 aliphatic carbocycles. The van der Waals surface area contributed by atoms with Gasteiger partial charge in [0, 0.05) is 0 Å². The normalized spacial score (nSPS) is 24.5. The zero-order valence-electron chi connectivity index (χ0n) is 12.5. The number of hydrogen-bond donors (Lipinski definition) is 2. The molecular formula is C16H20ClNO4. The Labute approximate surface area is 134 Å². The summed E-state index contributed by atoms with van der Waals surface area (Å²) < 4.78 is 5.39. The Kier molecular flexibility index (Phi) is 5.29. The van der Waals surface area contributed by atoms with E-state index in [1.54, 1.807) is 31.2 Å². The average molecular weight is 326 g/mol. The molecule has 1 aliphatic rings. The van der Waals surface area contributed by atoms with Crippen LogP contribution in [0.1, 0.15) is 32.6 Å². The van der Waals surface area contributed by atoms with Crippen LogP contribution in [0, 0.1) is 5.92 Å². The van der Waals surface area contributed by atoms with Crippen molar-refractivity contribution in [2.75, 3.05) is 6.61 Å². The van der Waals surface area contributed by atoms with Gasteiger partial charge in [0.05, 0.1) is 16.5 Å². The maximum atomic E-state index is 12.1. The lowest BCUT2D eigenvalue weighted by atomic mass is 9.74. The van der Waals surface area contributed by atoms with Crippen LogP contribution in [0.15, 0.2) is 24.3 Å². The standard InChI is InChI=1S/C16H20ClNO4/c1-16(9-5-4-6-11(16)15(20)21)18-14(19)10-22-13-8-3-2-7-12(13)17/h2-3,7-8,11H,4-6,9-10H2,1H3,(H,18,19)(H,20,21). The summed E-state index contributed by atoms with van der Waals surface area (Å²) in [5.41, 5.74) is -0.731. The van der Waals surface area contributed by atoms with Crippen LogP contribution in [-0.2, 0) is 9.59 Å². The van der Waals surface area contributed by atoms with Gasteiger partial charge in [0.1, 0.15) is 5.75 Å². The summed E-state index contributed by atoms with van der Waals surface area (Å²) in [7, 11) is 0. The monoisotopic (exact) mass is 325 g/mol. The van der Waals surface area contributed by atoms with Gasteiger partial charge in [-0.2, -0.15) is 0 Å². The number of carboxylic acid groups (broad SMARTS) is 1. The third kappa shape index (κ3) is 3.91. The number of carbonyl (C=O) groups is 2. The molecule has 1 amide bonds. The van der Waals surface area contributed by atoms with Crippen molar-refractivity contribution in [1.29, 1.82) is 0 Å². The fourth-order valence-corrected chi connectivity index (χ4v) is 3.13. The van der Waals surface area contributed by atoms with Crippen LogP contribution in [0.5, 0.6) is 5.75 Å². The fourth-order valence-electron chi connectivity index (χ4n) is 2.94. The molecular weight excluding hydrogens is 306 g/mol. The molecule has 0 radical (unpaired) electrons. The van der Waals surface area contributed by atoms with Gasteiger partial charge in [0.2, 0.25) is 0 Å². The summed E-state index contributed by atoms with van der Waals surface area (Å²) >= 11 is 5.96. The van der Waals surface area contributed by atoms with E-state index in [-0.39, 0.29) is 12.5 Å². The van der Waals surface area contributed by atoms with Crippen LogP contribution in [0.2, 0.25) is 5.02 Å². The Morgan fingerprint density at radius 1 is 1.41 bits per heavy atom. The minimum absolute atomic E-state index is 0.189. The average Bonchev–Trinajstić information content (AvgIpc) is 2.46. The molecule has 1 fully saturated rings. The van der Waals surface area contributed by atoms with E-state index in [1.165, 1.54) is 0 Å². The molecule has 0 aromatic heterocycles. The molecule has 0 aliphatic heterocycles. The third-order valence-electron chi connectivity index (χ3n) is 4.13. The van der Waals surface area contributed by atoms with Crippen molar-refractivity contribution in [3.05, 3.63) is 29.3 Å². The topological polar surface area (TPSA) is 75.6 Å². The Bertz CT molecular complexity index is 563. The number of para-hydroxylation sites is 1. The maximum absolute atomic E-state index is 12.1. The van der Waals surface area contributed by atoms with E-state index in [0.717, 1.165) is 12.8 Å². The second-order valence-corrected chi connectivity index (χ2v) is 6.23. The number of carboxylic acids is 1. The molecule has 0 heterocycles. The first-order valence-electron chi connectivity index (χ1n) is 7.33. The number of aliphatic carboxylic acids is 1. The molecule has 2 N–H and O–H groups in total. The largest absolute Gasteiger partial charge is 0.482 e. The quantitative estimate of drug-likeness (QED) is 0.872. The molecule has 120 valence electrons. The molecule has 0 spiro atoms. The highest BCUT2D eigenvalue weighted by molar-refractivity contribution is 6.32. The van der Waals surface area contributed by atoms with Crippen LogP contribution in [-0.4, -0.2) is 29.1 Å². The van der Waals surface area contributed by atoms with Crippen LogP contribution < -0.4 is 10.1 Å². The van der Waals surface area contributed by atoms with Crippen LogP contribution in [0.25, 0.3) is 0 Å². The molecule has 0 saturated heterocycles. The molecule has 1 saturated carbocycles. The highest BCUT2D eigenvalue weighted by Crippen LogP contribution is 2.33. The van der Waals surface area contributed by atoms with Crippen molar-refractivity contribution < 1.29 is 19.4 Å². The van der Waals surface area contributed by atoms with Crippen LogP contribution in [0.3, 0.4) is 0 Å². The minimum Gasteiger partial charge on any atom is -0.482 e. The summed E-state index contributed by atoms with van der Waals surface area (Å²) in [4.78, 5) is 23.5. The lowest BCUT2D eigenvalue weighted by molar-refractivity contribution is -0.146. The van der Waals surface area contributed by atoms with Gasteiger partial charge in [0.15, 0.2) is 6.61 Å². The molecule has 1 aromatic carbocycles. The molecule has 1 aromatic rings. The van der Waals surface area contributed by atoms with E-state index in [4.69, 9.17) is 16.3 Å². The van der Waals surface area contributed by atoms with Crippen molar-refractivity contribution in [2.24, 2.45) is 5.92 Å². The molecule has 2 atom stereocenters. The van der Waals surface area contributed by atoms with Crippen molar-refractivity contribution in [3.8, 4) is 5.75 Å². The van der Waals surface area contributed by atoms with E-state index in [0.29, 0.717) is 23.6 Å². The second-order valence-electron chi connectivity index (χ2n) is 5.82. The maximum Gasteiger partial charge on any atom is 0.308 e. The molecule has 5 nitrogen and oxygen atoms in total. The Balaban J connectivity index is 1.95. The third-order valence-corrected chi connectivity index (χ3v) is 4.44. The van der Waals surface area contributed by atoms with E-state index >= 15 is 0 Å². The summed E-state index contributed by atoms with van der Waals surface area (Å²) in [6, 6.07) is 6.90. The summed E-state index contributed by atoms with van der Waals surface area (Å²) in [6.45, 7) is 1.60. The molecule has 0 bridgehead atoms. The number of halogens is 1. The highest BCUT2D eigenvalue weighted by atomic mass is 35.5. The Hall–Kier alpha value is -1.75. The summed E-state index contributed by atoms with van der Waals surface area (Å²) in [5.74, 6) is -1.33. The van der Waals surface area contributed by atoms with E-state index in [2.05, 4.69) is 5.32 Å². The molecule has 6 heteroatoms. The number of nitrogens with one attached hydrogen (secondary N) is 1. The zero-order chi connectivity index (χ0) is 16.2. The van der Waals surface area contributed by atoms with Crippen LogP contribution >= 0.6 is 11.6 Å². The summed E-state index contributed by atoms with van der Waals surface area (Å²) in [6.07, 6.45) is 3.02. The Morgan fingerprint density at radius 2 is 2.14 bits per heavy atom. The lowest BCUT2D eigenvalue weighted by Crippen LogP contribution is -2.56. The zero-order valence-corrected chi connectivity index (χ0v) is 13.2. The number of benzene rings is 1. The van der Waals surface area contributed by atoms with E-state index in [9.17, 15) is 14.7 Å². The lowest BCUT2D eigenvalue weighted by Gasteiger charge is -2.39. The van der Waals surface area contributed by atoms with Gasteiger partial charge in [-0.25, -0.2) is 0 Å². The predicted octanol–water partition coefficient (Wildman–Crippen LogP) is 2.87. The number of amides is 1. The fraction of sp³-hybridized carbons (Fsp3) is 0.500. The number of carbonyl (C=O) groups excluding carboxylic acids is 1.